The second-order valence-corrected chi connectivity index (χ2v) is 7.59. The lowest BCUT2D eigenvalue weighted by Gasteiger charge is -2.44. The molecule has 4 nitrogen and oxygen atoms in total. The summed E-state index contributed by atoms with van der Waals surface area (Å²) in [5.41, 5.74) is 2.39. The van der Waals surface area contributed by atoms with Crippen LogP contribution in [0.1, 0.15) is 36.8 Å². The molecule has 0 spiro atoms. The molecule has 0 bridgehead atoms. The SMILES string of the molecule is COc1cccc(C23CCCC=C2C(=O)N(CCc2ccccc2)C(=O)C3)c1. The molecule has 2 aromatic rings. The number of hydrogen-bond acceptors (Lipinski definition) is 3. The molecular formula is C24H25NO3. The molecule has 1 unspecified atom stereocenters. The highest BCUT2D eigenvalue weighted by atomic mass is 16.5. The Morgan fingerprint density at radius 1 is 1.07 bits per heavy atom. The van der Waals surface area contributed by atoms with Gasteiger partial charge in [0, 0.05) is 24.0 Å². The van der Waals surface area contributed by atoms with E-state index >= 15 is 0 Å². The summed E-state index contributed by atoms with van der Waals surface area (Å²) in [6, 6.07) is 17.8. The largest absolute Gasteiger partial charge is 0.497 e. The number of hydrogen-bond donors (Lipinski definition) is 0. The quantitative estimate of drug-likeness (QED) is 0.741. The molecular weight excluding hydrogens is 350 g/mol. The van der Waals surface area contributed by atoms with Gasteiger partial charge in [0.1, 0.15) is 5.75 Å². The molecule has 0 N–H and O–H groups in total. The Morgan fingerprint density at radius 2 is 1.89 bits per heavy atom. The highest BCUT2D eigenvalue weighted by Crippen LogP contribution is 2.47. The van der Waals surface area contributed by atoms with Crippen molar-refractivity contribution in [1.82, 2.24) is 4.90 Å². The van der Waals surface area contributed by atoms with Crippen LogP contribution in [0.5, 0.6) is 5.75 Å². The summed E-state index contributed by atoms with van der Waals surface area (Å²) in [5.74, 6) is 0.542. The Hall–Kier alpha value is -2.88. The number of ether oxygens (including phenoxy) is 1. The zero-order valence-corrected chi connectivity index (χ0v) is 16.2. The average Bonchev–Trinajstić information content (AvgIpc) is 2.74. The van der Waals surface area contributed by atoms with Crippen LogP contribution in [0.4, 0.5) is 0 Å². The Bertz CT molecular complexity index is 918. The molecule has 0 saturated carbocycles. The van der Waals surface area contributed by atoms with Gasteiger partial charge < -0.3 is 4.74 Å². The van der Waals surface area contributed by atoms with E-state index in [0.29, 0.717) is 19.4 Å². The second-order valence-electron chi connectivity index (χ2n) is 7.59. The fourth-order valence-corrected chi connectivity index (χ4v) is 4.50. The van der Waals surface area contributed by atoms with E-state index in [4.69, 9.17) is 4.74 Å². The number of carbonyl (C=O) groups is 2. The first kappa shape index (κ1) is 18.5. The number of carbonyl (C=O) groups excluding carboxylic acids is 2. The molecule has 28 heavy (non-hydrogen) atoms. The molecule has 1 aliphatic carbocycles. The van der Waals surface area contributed by atoms with Crippen molar-refractivity contribution < 1.29 is 14.3 Å². The van der Waals surface area contributed by atoms with Crippen LogP contribution in [0.25, 0.3) is 0 Å². The Kier molecular flexibility index (Phi) is 5.03. The molecule has 2 aromatic carbocycles. The maximum atomic E-state index is 13.3. The van der Waals surface area contributed by atoms with Gasteiger partial charge in [0.25, 0.3) is 5.91 Å². The van der Waals surface area contributed by atoms with Crippen molar-refractivity contribution in [3.63, 3.8) is 0 Å². The van der Waals surface area contributed by atoms with E-state index in [-0.39, 0.29) is 11.8 Å². The first-order chi connectivity index (χ1) is 13.6. The van der Waals surface area contributed by atoms with E-state index in [1.165, 1.54) is 4.90 Å². The van der Waals surface area contributed by atoms with Gasteiger partial charge in [0.2, 0.25) is 5.91 Å². The number of nitrogens with zero attached hydrogens (tertiary/aromatic N) is 1. The predicted molar refractivity (Wildman–Crippen MR) is 108 cm³/mol. The number of likely N-dealkylation sites (tertiary alicyclic amines) is 1. The first-order valence-electron chi connectivity index (χ1n) is 9.88. The Balaban J connectivity index is 1.64. The van der Waals surface area contributed by atoms with Crippen LogP contribution >= 0.6 is 0 Å². The lowest BCUT2D eigenvalue weighted by molar-refractivity contribution is -0.147. The molecule has 1 saturated heterocycles. The van der Waals surface area contributed by atoms with Crippen molar-refractivity contribution in [2.75, 3.05) is 13.7 Å². The van der Waals surface area contributed by atoms with Crippen LogP contribution in [0.2, 0.25) is 0 Å². The molecule has 4 heteroatoms. The van der Waals surface area contributed by atoms with Crippen LogP contribution in [0, 0.1) is 0 Å². The molecule has 144 valence electrons. The van der Waals surface area contributed by atoms with E-state index in [9.17, 15) is 9.59 Å². The van der Waals surface area contributed by atoms with Gasteiger partial charge in [0.05, 0.1) is 7.11 Å². The highest BCUT2D eigenvalue weighted by Gasteiger charge is 2.49. The van der Waals surface area contributed by atoms with Crippen LogP contribution in [-0.4, -0.2) is 30.4 Å². The van der Waals surface area contributed by atoms with Gasteiger partial charge in [-0.05, 0) is 48.9 Å². The maximum absolute atomic E-state index is 13.3. The average molecular weight is 375 g/mol. The van der Waals surface area contributed by atoms with Crippen molar-refractivity contribution >= 4 is 11.8 Å². The second kappa shape index (κ2) is 7.63. The fraction of sp³-hybridized carbons (Fsp3) is 0.333. The molecule has 1 aliphatic heterocycles. The molecule has 1 heterocycles. The normalized spacial score (nSPS) is 21.9. The third kappa shape index (κ3) is 3.24. The minimum atomic E-state index is -0.524. The Morgan fingerprint density at radius 3 is 2.68 bits per heavy atom. The van der Waals surface area contributed by atoms with E-state index in [0.717, 1.165) is 41.7 Å². The minimum Gasteiger partial charge on any atom is -0.497 e. The molecule has 0 radical (unpaired) electrons. The summed E-state index contributed by atoms with van der Waals surface area (Å²) in [6.45, 7) is 0.424. The lowest BCUT2D eigenvalue weighted by atomic mass is 9.63. The van der Waals surface area contributed by atoms with Crippen LogP contribution < -0.4 is 4.74 Å². The van der Waals surface area contributed by atoms with Gasteiger partial charge in [-0.1, -0.05) is 48.5 Å². The summed E-state index contributed by atoms with van der Waals surface area (Å²) < 4.78 is 5.38. The van der Waals surface area contributed by atoms with Gasteiger partial charge in [-0.3, -0.25) is 14.5 Å². The fourth-order valence-electron chi connectivity index (χ4n) is 4.50. The number of piperidine rings is 1. The molecule has 1 atom stereocenters. The van der Waals surface area contributed by atoms with Crippen molar-refractivity contribution in [2.45, 2.75) is 37.5 Å². The highest BCUT2D eigenvalue weighted by molar-refractivity contribution is 6.10. The molecule has 4 rings (SSSR count). The number of allylic oxidation sites excluding steroid dienone is 1. The summed E-state index contributed by atoms with van der Waals surface area (Å²) >= 11 is 0. The molecule has 2 amide bonds. The van der Waals surface area contributed by atoms with Gasteiger partial charge in [0.15, 0.2) is 0 Å². The maximum Gasteiger partial charge on any atom is 0.256 e. The van der Waals surface area contributed by atoms with Crippen molar-refractivity contribution in [3.05, 3.63) is 77.4 Å². The van der Waals surface area contributed by atoms with E-state index in [1.807, 2.05) is 60.7 Å². The number of rotatable bonds is 5. The Labute approximate surface area is 165 Å². The topological polar surface area (TPSA) is 46.6 Å². The summed E-state index contributed by atoms with van der Waals surface area (Å²) in [6.07, 6.45) is 5.74. The summed E-state index contributed by atoms with van der Waals surface area (Å²) in [7, 11) is 1.64. The third-order valence-corrected chi connectivity index (χ3v) is 5.99. The predicted octanol–water partition coefficient (Wildman–Crippen LogP) is 4.04. The van der Waals surface area contributed by atoms with E-state index in [1.54, 1.807) is 7.11 Å². The third-order valence-electron chi connectivity index (χ3n) is 5.99. The van der Waals surface area contributed by atoms with Gasteiger partial charge in [-0.25, -0.2) is 0 Å². The molecule has 2 aliphatic rings. The number of fused-ring (bicyclic) bond motifs is 1. The summed E-state index contributed by atoms with van der Waals surface area (Å²) in [4.78, 5) is 27.8. The van der Waals surface area contributed by atoms with Crippen molar-refractivity contribution in [2.24, 2.45) is 0 Å². The smallest absolute Gasteiger partial charge is 0.256 e. The monoisotopic (exact) mass is 375 g/mol. The number of benzene rings is 2. The van der Waals surface area contributed by atoms with Crippen LogP contribution in [0.15, 0.2) is 66.2 Å². The first-order valence-corrected chi connectivity index (χ1v) is 9.88. The van der Waals surface area contributed by atoms with E-state index < -0.39 is 5.41 Å². The lowest BCUT2D eigenvalue weighted by Crippen LogP contribution is -2.53. The van der Waals surface area contributed by atoms with Gasteiger partial charge in [-0.2, -0.15) is 0 Å². The van der Waals surface area contributed by atoms with E-state index in [2.05, 4.69) is 0 Å². The van der Waals surface area contributed by atoms with Crippen molar-refractivity contribution in [1.29, 1.82) is 0 Å². The van der Waals surface area contributed by atoms with Crippen LogP contribution in [0.3, 0.4) is 0 Å². The number of imide groups is 1. The number of methoxy groups -OCH3 is 1. The minimum absolute atomic E-state index is 0.0807. The van der Waals surface area contributed by atoms with Gasteiger partial charge >= 0.3 is 0 Å². The zero-order valence-electron chi connectivity index (χ0n) is 16.2. The molecule has 1 fully saturated rings. The molecule has 0 aromatic heterocycles. The zero-order chi connectivity index (χ0) is 19.6. The van der Waals surface area contributed by atoms with Crippen molar-refractivity contribution in [3.8, 4) is 5.75 Å². The summed E-state index contributed by atoms with van der Waals surface area (Å²) in [5, 5.41) is 0. The van der Waals surface area contributed by atoms with Crippen LogP contribution in [-0.2, 0) is 21.4 Å². The van der Waals surface area contributed by atoms with Gasteiger partial charge in [-0.15, -0.1) is 0 Å². The standard InChI is InChI=1S/C24H25NO3/c1-28-20-11-7-10-19(16-20)24-14-6-5-12-21(24)23(27)25(22(26)17-24)15-13-18-8-3-2-4-9-18/h2-4,7-12,16H,5-6,13-15,17H2,1H3. The number of amides is 2.